The van der Waals surface area contributed by atoms with Crippen LogP contribution in [-0.2, 0) is 0 Å². The maximum absolute atomic E-state index is 13.7. The largest absolute Gasteiger partial charge is 0.310 e. The van der Waals surface area contributed by atoms with E-state index in [0.29, 0.717) is 11.3 Å². The molecule has 0 bridgehead atoms. The fourth-order valence-electron chi connectivity index (χ4n) is 4.21. The van der Waals surface area contributed by atoms with Gasteiger partial charge in [0.15, 0.2) is 0 Å². The van der Waals surface area contributed by atoms with Gasteiger partial charge in [-0.25, -0.2) is 0 Å². The number of carbonyl (C=O) groups is 1. The summed E-state index contributed by atoms with van der Waals surface area (Å²) in [7, 11) is 0. The van der Waals surface area contributed by atoms with Crippen molar-refractivity contribution in [1.82, 2.24) is 9.55 Å². The highest BCUT2D eigenvalue weighted by atomic mass is 16.2. The molecule has 0 spiro atoms. The number of benzene rings is 1. The monoisotopic (exact) mass is 387 g/mol. The van der Waals surface area contributed by atoms with Crippen molar-refractivity contribution in [2.75, 3.05) is 11.4 Å². The molecule has 4 rings (SSSR count). The van der Waals surface area contributed by atoms with Gasteiger partial charge in [-0.05, 0) is 25.0 Å². The predicted molar refractivity (Wildman–Crippen MR) is 116 cm³/mol. The molecule has 2 heterocycles. The molecule has 5 nitrogen and oxygen atoms in total. The van der Waals surface area contributed by atoms with Gasteiger partial charge in [-0.1, -0.05) is 49.6 Å². The molecule has 1 aliphatic carbocycles. The first-order chi connectivity index (χ1) is 14.2. The van der Waals surface area contributed by atoms with Gasteiger partial charge < -0.3 is 4.57 Å². The van der Waals surface area contributed by atoms with Gasteiger partial charge in [0.1, 0.15) is 5.69 Å². The lowest BCUT2D eigenvalue weighted by Crippen LogP contribution is -2.38. The van der Waals surface area contributed by atoms with Crippen LogP contribution in [0.3, 0.4) is 0 Å². The van der Waals surface area contributed by atoms with E-state index in [2.05, 4.69) is 11.6 Å². The topological polar surface area (TPSA) is 55.2 Å². The van der Waals surface area contributed by atoms with Gasteiger partial charge >= 0.3 is 0 Å². The molecule has 0 N–H and O–H groups in total. The first kappa shape index (κ1) is 19.1. The van der Waals surface area contributed by atoms with E-state index in [4.69, 9.17) is 0 Å². The van der Waals surface area contributed by atoms with E-state index in [9.17, 15) is 9.59 Å². The van der Waals surface area contributed by atoms with Crippen LogP contribution in [0.5, 0.6) is 0 Å². The third kappa shape index (κ3) is 3.73. The molecule has 0 aliphatic heterocycles. The molecule has 3 aromatic rings. The summed E-state index contributed by atoms with van der Waals surface area (Å²) in [6.07, 6.45) is 12.2. The normalized spacial score (nSPS) is 14.6. The van der Waals surface area contributed by atoms with Gasteiger partial charge in [0, 0.05) is 41.9 Å². The summed E-state index contributed by atoms with van der Waals surface area (Å²) in [4.78, 5) is 32.6. The molecule has 29 heavy (non-hydrogen) atoms. The van der Waals surface area contributed by atoms with Crippen LogP contribution in [0.25, 0.3) is 10.8 Å². The van der Waals surface area contributed by atoms with Crippen molar-refractivity contribution in [3.8, 4) is 0 Å². The number of aromatic nitrogens is 2. The standard InChI is InChI=1S/C24H25N3O2/c1-2-15-26(23(28)18-10-8-14-25-16-18)22-21-13-7-6-9-19(21)17-27(24(22)29)20-11-4-3-5-12-20/h2,6-10,13-14,16-17,20H,1,3-5,11-12,15H2. The lowest BCUT2D eigenvalue weighted by molar-refractivity contribution is 0.0989. The lowest BCUT2D eigenvalue weighted by Gasteiger charge is -2.28. The smallest absolute Gasteiger partial charge is 0.275 e. The highest BCUT2D eigenvalue weighted by Crippen LogP contribution is 2.31. The summed E-state index contributed by atoms with van der Waals surface area (Å²) in [5.74, 6) is -0.248. The summed E-state index contributed by atoms with van der Waals surface area (Å²) in [5.41, 5.74) is 0.753. The Bertz CT molecular complexity index is 1080. The van der Waals surface area contributed by atoms with Crippen molar-refractivity contribution in [2.24, 2.45) is 0 Å². The SMILES string of the molecule is C=CCN(C(=O)c1cccnc1)c1c(=O)n(C2CCCCC2)cc2ccccc12. The first-order valence-corrected chi connectivity index (χ1v) is 10.2. The number of nitrogens with zero attached hydrogens (tertiary/aromatic N) is 3. The van der Waals surface area contributed by atoms with E-state index in [-0.39, 0.29) is 24.1 Å². The second kappa shape index (κ2) is 8.43. The number of rotatable bonds is 5. The molecule has 0 atom stereocenters. The third-order valence-corrected chi connectivity index (χ3v) is 5.63. The molecule has 2 aromatic heterocycles. The van der Waals surface area contributed by atoms with Crippen LogP contribution < -0.4 is 10.5 Å². The van der Waals surface area contributed by atoms with Crippen molar-refractivity contribution >= 4 is 22.4 Å². The van der Waals surface area contributed by atoms with Gasteiger partial charge in [-0.15, -0.1) is 6.58 Å². The fourth-order valence-corrected chi connectivity index (χ4v) is 4.21. The van der Waals surface area contributed by atoms with E-state index in [0.717, 1.165) is 36.5 Å². The molecule has 1 aromatic carbocycles. The number of hydrogen-bond donors (Lipinski definition) is 0. The molecule has 148 valence electrons. The van der Waals surface area contributed by atoms with Crippen molar-refractivity contribution < 1.29 is 4.79 Å². The molecule has 0 saturated heterocycles. The molecule has 0 unspecified atom stereocenters. The summed E-state index contributed by atoms with van der Waals surface area (Å²) >= 11 is 0. The summed E-state index contributed by atoms with van der Waals surface area (Å²) < 4.78 is 1.85. The summed E-state index contributed by atoms with van der Waals surface area (Å²) in [6, 6.07) is 11.4. The zero-order valence-electron chi connectivity index (χ0n) is 16.5. The molecule has 1 amide bonds. The molecular weight excluding hydrogens is 362 g/mol. The van der Waals surface area contributed by atoms with Gasteiger partial charge in [0.2, 0.25) is 0 Å². The number of amides is 1. The van der Waals surface area contributed by atoms with Crippen LogP contribution in [0, 0.1) is 0 Å². The number of anilines is 1. The molecule has 0 radical (unpaired) electrons. The van der Waals surface area contributed by atoms with Crippen molar-refractivity contribution in [3.05, 3.63) is 83.6 Å². The average molecular weight is 387 g/mol. The predicted octanol–water partition coefficient (Wildman–Crippen LogP) is 4.73. The summed E-state index contributed by atoms with van der Waals surface area (Å²) in [5, 5.41) is 1.74. The molecule has 1 aliphatic rings. The Hall–Kier alpha value is -3.21. The first-order valence-electron chi connectivity index (χ1n) is 10.2. The Morgan fingerprint density at radius 2 is 1.97 bits per heavy atom. The van der Waals surface area contributed by atoms with Gasteiger partial charge in [-0.2, -0.15) is 0 Å². The zero-order valence-corrected chi connectivity index (χ0v) is 16.5. The fraction of sp³-hybridized carbons (Fsp3) is 0.292. The molecule has 5 heteroatoms. The van der Waals surface area contributed by atoms with Gasteiger partial charge in [-0.3, -0.25) is 19.5 Å². The number of pyridine rings is 2. The Kier molecular flexibility index (Phi) is 5.56. The quantitative estimate of drug-likeness (QED) is 0.595. The lowest BCUT2D eigenvalue weighted by atomic mass is 9.95. The maximum atomic E-state index is 13.7. The van der Waals surface area contributed by atoms with E-state index in [1.165, 1.54) is 17.5 Å². The van der Waals surface area contributed by atoms with Crippen LogP contribution >= 0.6 is 0 Å². The number of fused-ring (bicyclic) bond motifs is 1. The van der Waals surface area contributed by atoms with Crippen molar-refractivity contribution in [1.29, 1.82) is 0 Å². The minimum Gasteiger partial charge on any atom is -0.310 e. The Balaban J connectivity index is 1.91. The van der Waals surface area contributed by atoms with E-state index >= 15 is 0 Å². The van der Waals surface area contributed by atoms with E-state index in [1.54, 1.807) is 24.4 Å². The van der Waals surface area contributed by atoms with Crippen LogP contribution in [-0.4, -0.2) is 22.0 Å². The minimum atomic E-state index is -0.248. The highest BCUT2D eigenvalue weighted by Gasteiger charge is 2.25. The number of hydrogen-bond acceptors (Lipinski definition) is 3. The van der Waals surface area contributed by atoms with E-state index < -0.39 is 0 Å². The van der Waals surface area contributed by atoms with Crippen LogP contribution in [0.2, 0.25) is 0 Å². The van der Waals surface area contributed by atoms with Crippen molar-refractivity contribution in [3.63, 3.8) is 0 Å². The highest BCUT2D eigenvalue weighted by molar-refractivity contribution is 6.10. The molecule has 1 fully saturated rings. The van der Waals surface area contributed by atoms with E-state index in [1.807, 2.05) is 35.0 Å². The Labute approximate surface area is 170 Å². The van der Waals surface area contributed by atoms with Gasteiger partial charge in [0.05, 0.1) is 5.56 Å². The molecular formula is C24H25N3O2. The van der Waals surface area contributed by atoms with Crippen LogP contribution in [0.1, 0.15) is 48.5 Å². The third-order valence-electron chi connectivity index (χ3n) is 5.63. The Morgan fingerprint density at radius 1 is 1.17 bits per heavy atom. The average Bonchev–Trinajstić information content (AvgIpc) is 2.78. The Morgan fingerprint density at radius 3 is 2.69 bits per heavy atom. The maximum Gasteiger partial charge on any atom is 0.275 e. The van der Waals surface area contributed by atoms with Crippen LogP contribution in [0.4, 0.5) is 5.69 Å². The van der Waals surface area contributed by atoms with Crippen molar-refractivity contribution in [2.45, 2.75) is 38.1 Å². The molecule has 1 saturated carbocycles. The second-order valence-electron chi connectivity index (χ2n) is 7.52. The minimum absolute atomic E-state index is 0.116. The zero-order chi connectivity index (χ0) is 20.2. The second-order valence-corrected chi connectivity index (χ2v) is 7.52. The van der Waals surface area contributed by atoms with Crippen LogP contribution in [0.15, 0.2) is 72.4 Å². The number of carbonyl (C=O) groups excluding carboxylic acids is 1. The summed E-state index contributed by atoms with van der Waals surface area (Å²) in [6.45, 7) is 4.06. The van der Waals surface area contributed by atoms with Gasteiger partial charge in [0.25, 0.3) is 11.5 Å².